The van der Waals surface area contributed by atoms with Gasteiger partial charge in [0.05, 0.1) is 34.2 Å². The molecule has 0 aromatic heterocycles. The maximum atomic E-state index is 12.1. The topological polar surface area (TPSA) is 128 Å². The molecule has 1 heterocycles. The summed E-state index contributed by atoms with van der Waals surface area (Å²) in [6.07, 6.45) is -0.0256. The first-order chi connectivity index (χ1) is 14.9. The molecule has 10 nitrogen and oxygen atoms in total. The predicted molar refractivity (Wildman–Crippen MR) is 110 cm³/mol. The van der Waals surface area contributed by atoms with Gasteiger partial charge in [0.15, 0.2) is 6.61 Å². The van der Waals surface area contributed by atoms with Crippen LogP contribution in [0.2, 0.25) is 5.02 Å². The van der Waals surface area contributed by atoms with Crippen molar-refractivity contribution in [2.75, 3.05) is 31.2 Å². The summed E-state index contributed by atoms with van der Waals surface area (Å²) in [5.74, 6) is -0.757. The summed E-state index contributed by atoms with van der Waals surface area (Å²) < 4.78 is 10.4. The molecule has 0 unspecified atom stereocenters. The third-order valence-electron chi connectivity index (χ3n) is 4.41. The molecular weight excluding hydrogens is 430 g/mol. The number of fused-ring (bicyclic) bond motifs is 1. The Labute approximate surface area is 181 Å². The Morgan fingerprint density at radius 2 is 2.03 bits per heavy atom. The molecule has 0 saturated carbocycles. The van der Waals surface area contributed by atoms with Gasteiger partial charge in [-0.1, -0.05) is 23.7 Å². The molecular formula is C20H18ClN3O7. The van der Waals surface area contributed by atoms with Gasteiger partial charge in [-0.2, -0.15) is 0 Å². The fourth-order valence-electron chi connectivity index (χ4n) is 2.90. The number of carbonyl (C=O) groups excluding carboxylic acids is 3. The summed E-state index contributed by atoms with van der Waals surface area (Å²) in [4.78, 5) is 47.7. The first-order valence-corrected chi connectivity index (χ1v) is 9.64. The average molecular weight is 448 g/mol. The molecule has 1 aliphatic rings. The van der Waals surface area contributed by atoms with Crippen molar-refractivity contribution in [2.45, 2.75) is 6.42 Å². The molecule has 0 spiro atoms. The van der Waals surface area contributed by atoms with Crippen LogP contribution in [0.5, 0.6) is 5.75 Å². The second-order valence-corrected chi connectivity index (χ2v) is 6.86. The zero-order valence-electron chi connectivity index (χ0n) is 16.2. The highest BCUT2D eigenvalue weighted by atomic mass is 35.5. The number of nitrogens with zero attached hydrogens (tertiary/aromatic N) is 2. The minimum absolute atomic E-state index is 0.0250. The molecule has 31 heavy (non-hydrogen) atoms. The van der Waals surface area contributed by atoms with Crippen molar-refractivity contribution >= 4 is 40.8 Å². The number of anilines is 1. The van der Waals surface area contributed by atoms with Gasteiger partial charge in [-0.25, -0.2) is 0 Å². The van der Waals surface area contributed by atoms with E-state index in [9.17, 15) is 24.5 Å². The number of halogens is 1. The van der Waals surface area contributed by atoms with Crippen molar-refractivity contribution in [1.82, 2.24) is 5.32 Å². The number of nitrogens with one attached hydrogen (secondary N) is 1. The van der Waals surface area contributed by atoms with Crippen molar-refractivity contribution in [2.24, 2.45) is 0 Å². The molecule has 0 aliphatic carbocycles. The number of hydrogen-bond donors (Lipinski definition) is 1. The largest absolute Gasteiger partial charge is 0.482 e. The Morgan fingerprint density at radius 1 is 1.26 bits per heavy atom. The molecule has 11 heteroatoms. The highest BCUT2D eigenvalue weighted by Gasteiger charge is 2.25. The third kappa shape index (κ3) is 5.48. The Balaban J connectivity index is 1.42. The summed E-state index contributed by atoms with van der Waals surface area (Å²) in [7, 11) is 0. The molecule has 162 valence electrons. The summed E-state index contributed by atoms with van der Waals surface area (Å²) in [5, 5.41) is 13.2. The minimum atomic E-state index is -0.615. The number of para-hydroxylation sites is 2. The fourth-order valence-corrected chi connectivity index (χ4v) is 3.16. The van der Waals surface area contributed by atoms with Crippen molar-refractivity contribution in [3.05, 3.63) is 63.2 Å². The molecule has 2 aromatic carbocycles. The van der Waals surface area contributed by atoms with Gasteiger partial charge in [0.25, 0.3) is 17.5 Å². The van der Waals surface area contributed by atoms with Gasteiger partial charge in [-0.3, -0.25) is 24.5 Å². The predicted octanol–water partition coefficient (Wildman–Crippen LogP) is 2.34. The molecule has 0 atom stereocenters. The van der Waals surface area contributed by atoms with Crippen LogP contribution in [0.25, 0.3) is 0 Å². The Hall–Kier alpha value is -3.66. The van der Waals surface area contributed by atoms with Crippen LogP contribution in [-0.2, 0) is 14.3 Å². The van der Waals surface area contributed by atoms with Crippen LogP contribution in [0.1, 0.15) is 16.8 Å². The van der Waals surface area contributed by atoms with E-state index in [1.54, 1.807) is 24.3 Å². The van der Waals surface area contributed by atoms with Crippen LogP contribution in [0.4, 0.5) is 11.4 Å². The third-order valence-corrected chi connectivity index (χ3v) is 4.72. The van der Waals surface area contributed by atoms with Crippen LogP contribution >= 0.6 is 11.6 Å². The van der Waals surface area contributed by atoms with Gasteiger partial charge in [0, 0.05) is 18.7 Å². The number of esters is 1. The molecule has 2 aromatic rings. The number of nitro groups is 1. The summed E-state index contributed by atoms with van der Waals surface area (Å²) in [6, 6.07) is 10.5. The van der Waals surface area contributed by atoms with Gasteiger partial charge in [0.1, 0.15) is 12.4 Å². The molecule has 2 amide bonds. The lowest BCUT2D eigenvalue weighted by atomic mass is 10.2. The SMILES string of the molecule is O=C(CCN1C(=O)COc2ccccc21)OCCNC(=O)c1ccc([N+](=O)[O-])cc1Cl. The molecule has 1 aliphatic heterocycles. The van der Waals surface area contributed by atoms with Crippen LogP contribution < -0.4 is 15.0 Å². The highest BCUT2D eigenvalue weighted by Crippen LogP contribution is 2.31. The molecule has 1 N–H and O–H groups in total. The summed E-state index contributed by atoms with van der Waals surface area (Å²) >= 11 is 5.90. The van der Waals surface area contributed by atoms with Gasteiger partial charge in [-0.05, 0) is 18.2 Å². The lowest BCUT2D eigenvalue weighted by molar-refractivity contribution is -0.384. The zero-order chi connectivity index (χ0) is 22.4. The lowest BCUT2D eigenvalue weighted by Crippen LogP contribution is -2.40. The van der Waals surface area contributed by atoms with Crippen molar-refractivity contribution in [3.63, 3.8) is 0 Å². The van der Waals surface area contributed by atoms with Gasteiger partial charge in [-0.15, -0.1) is 0 Å². The quantitative estimate of drug-likeness (QED) is 0.284. The van der Waals surface area contributed by atoms with E-state index < -0.39 is 16.8 Å². The standard InChI is InChI=1S/C20H18ClN3O7/c21-15-11-13(24(28)29)5-6-14(15)20(27)22-8-10-30-19(26)7-9-23-16-3-1-2-4-17(16)31-12-18(23)25/h1-6,11H,7-10,12H2,(H,22,27). The summed E-state index contributed by atoms with van der Waals surface area (Å²) in [5.41, 5.74) is 0.443. The normalized spacial score (nSPS) is 12.5. The van der Waals surface area contributed by atoms with E-state index in [0.717, 1.165) is 6.07 Å². The molecule has 0 radical (unpaired) electrons. The zero-order valence-corrected chi connectivity index (χ0v) is 17.0. The monoisotopic (exact) mass is 447 g/mol. The smallest absolute Gasteiger partial charge is 0.307 e. The molecule has 0 fully saturated rings. The number of hydrogen-bond acceptors (Lipinski definition) is 7. The van der Waals surface area contributed by atoms with Crippen molar-refractivity contribution in [1.29, 1.82) is 0 Å². The van der Waals surface area contributed by atoms with Crippen LogP contribution in [0.3, 0.4) is 0 Å². The second-order valence-electron chi connectivity index (χ2n) is 6.45. The lowest BCUT2D eigenvalue weighted by Gasteiger charge is -2.28. The fraction of sp³-hybridized carbons (Fsp3) is 0.250. The Kier molecular flexibility index (Phi) is 7.03. The number of nitro benzene ring substituents is 1. The number of benzene rings is 2. The molecule has 3 rings (SSSR count). The van der Waals surface area contributed by atoms with Gasteiger partial charge >= 0.3 is 5.97 Å². The van der Waals surface area contributed by atoms with E-state index in [2.05, 4.69) is 5.32 Å². The van der Waals surface area contributed by atoms with Crippen molar-refractivity contribution < 1.29 is 28.8 Å². The second kappa shape index (κ2) is 9.90. The van der Waals surface area contributed by atoms with Crippen LogP contribution in [0.15, 0.2) is 42.5 Å². The van der Waals surface area contributed by atoms with Crippen LogP contribution in [-0.4, -0.2) is 49.0 Å². The van der Waals surface area contributed by atoms with Gasteiger partial charge in [0.2, 0.25) is 0 Å². The molecule has 0 saturated heterocycles. The maximum Gasteiger partial charge on any atom is 0.307 e. The van der Waals surface area contributed by atoms with E-state index in [4.69, 9.17) is 21.1 Å². The van der Waals surface area contributed by atoms with Crippen molar-refractivity contribution in [3.8, 4) is 5.75 Å². The average Bonchev–Trinajstić information content (AvgIpc) is 2.75. The van der Waals surface area contributed by atoms with E-state index in [0.29, 0.717) is 11.4 Å². The number of amides is 2. The first kappa shape index (κ1) is 22.0. The number of ether oxygens (including phenoxy) is 2. The van der Waals surface area contributed by atoms with E-state index in [-0.39, 0.29) is 54.9 Å². The van der Waals surface area contributed by atoms with E-state index >= 15 is 0 Å². The highest BCUT2D eigenvalue weighted by molar-refractivity contribution is 6.34. The summed E-state index contributed by atoms with van der Waals surface area (Å²) in [6.45, 7) is -0.00781. The number of rotatable bonds is 8. The Morgan fingerprint density at radius 3 is 2.77 bits per heavy atom. The van der Waals surface area contributed by atoms with Crippen LogP contribution in [0, 0.1) is 10.1 Å². The number of non-ortho nitro benzene ring substituents is 1. The minimum Gasteiger partial charge on any atom is -0.482 e. The molecule has 0 bridgehead atoms. The first-order valence-electron chi connectivity index (χ1n) is 9.27. The maximum absolute atomic E-state index is 12.1. The van der Waals surface area contributed by atoms with E-state index in [1.165, 1.54) is 17.0 Å². The number of carbonyl (C=O) groups is 3. The van der Waals surface area contributed by atoms with E-state index in [1.807, 2.05) is 0 Å². The van der Waals surface area contributed by atoms with Gasteiger partial charge < -0.3 is 19.7 Å². The Bertz CT molecular complexity index is 1030.